The van der Waals surface area contributed by atoms with Crippen molar-refractivity contribution in [3.05, 3.63) is 70.6 Å². The van der Waals surface area contributed by atoms with E-state index >= 15 is 0 Å². The van der Waals surface area contributed by atoms with Crippen LogP contribution in [0.15, 0.2) is 59.7 Å². The number of aromatic nitrogens is 2. The Morgan fingerprint density at radius 1 is 1.07 bits per heavy atom. The highest BCUT2D eigenvalue weighted by atomic mass is 35.5. The minimum absolute atomic E-state index is 0. The first-order valence-corrected chi connectivity index (χ1v) is 9.25. The van der Waals surface area contributed by atoms with Gasteiger partial charge in [0.2, 0.25) is 0 Å². The van der Waals surface area contributed by atoms with E-state index in [4.69, 9.17) is 23.2 Å². The molecule has 3 aromatic rings. The molecule has 0 radical (unpaired) electrons. The summed E-state index contributed by atoms with van der Waals surface area (Å²) in [5, 5.41) is 13.3. The molecule has 0 saturated carbocycles. The van der Waals surface area contributed by atoms with Crippen molar-refractivity contribution in [3.8, 4) is 11.3 Å². The molecule has 140 valence electrons. The zero-order chi connectivity index (χ0) is 18.1. The third kappa shape index (κ3) is 3.98. The van der Waals surface area contributed by atoms with Gasteiger partial charge in [-0.1, -0.05) is 59.6 Å². The van der Waals surface area contributed by atoms with Crippen molar-refractivity contribution in [2.24, 2.45) is 4.99 Å². The first-order valence-electron chi connectivity index (χ1n) is 8.49. The van der Waals surface area contributed by atoms with Crippen molar-refractivity contribution in [2.45, 2.75) is 25.9 Å². The third-order valence-electron chi connectivity index (χ3n) is 4.54. The van der Waals surface area contributed by atoms with Crippen LogP contribution in [0.25, 0.3) is 11.3 Å². The Morgan fingerprint density at radius 2 is 1.78 bits per heavy atom. The van der Waals surface area contributed by atoms with Gasteiger partial charge in [-0.3, -0.25) is 4.99 Å². The lowest BCUT2D eigenvalue weighted by Crippen LogP contribution is -2.43. The monoisotopic (exact) mass is 421 g/mol. The summed E-state index contributed by atoms with van der Waals surface area (Å²) < 4.78 is 4.27. The highest BCUT2D eigenvalue weighted by molar-refractivity contribution is 6.38. The summed E-state index contributed by atoms with van der Waals surface area (Å²) in [7, 11) is 0. The zero-order valence-corrected chi connectivity index (χ0v) is 16.8. The van der Waals surface area contributed by atoms with Crippen molar-refractivity contribution in [2.75, 3.05) is 0 Å². The fourth-order valence-electron chi connectivity index (χ4n) is 3.39. The van der Waals surface area contributed by atoms with Crippen molar-refractivity contribution in [3.63, 3.8) is 0 Å². The number of benzene rings is 2. The first kappa shape index (κ1) is 19.7. The summed E-state index contributed by atoms with van der Waals surface area (Å²) in [5.74, 6) is 0.877. The summed E-state index contributed by atoms with van der Waals surface area (Å²) in [6, 6.07) is 15.3. The second-order valence-corrected chi connectivity index (χ2v) is 7.07. The van der Waals surface area contributed by atoms with Gasteiger partial charge in [0.25, 0.3) is 5.82 Å². The quantitative estimate of drug-likeness (QED) is 0.353. The highest BCUT2D eigenvalue weighted by Crippen LogP contribution is 2.32. The third-order valence-corrected chi connectivity index (χ3v) is 5.15. The number of para-hydroxylation sites is 1. The van der Waals surface area contributed by atoms with E-state index in [1.165, 1.54) is 0 Å². The summed E-state index contributed by atoms with van der Waals surface area (Å²) in [6.07, 6.45) is 4.07. The zero-order valence-electron chi connectivity index (χ0n) is 14.4. The molecule has 1 aliphatic rings. The number of nitrogens with zero attached hydrogens (tertiary/aromatic N) is 3. The Kier molecular flexibility index (Phi) is 6.10. The number of rotatable bonds is 4. The molecule has 2 heterocycles. The largest absolute Gasteiger partial charge is 0.859 e. The number of imidazole rings is 1. The Bertz CT molecular complexity index is 963. The topological polar surface area (TPSA) is 44.2 Å². The van der Waals surface area contributed by atoms with Crippen LogP contribution >= 0.6 is 35.6 Å². The standard InChI is InChI=1S/C20H17Cl2N3O.ClH/c21-15-8-4-9-16(22)20(15)23-18(26)13-24-12-17(14-6-2-1-3-7-14)25-11-5-10-19(24)25;/h1-4,6-9,12H,5,10-11,13H2;1H. The Hall–Kier alpha value is -2.01. The predicted molar refractivity (Wildman–Crippen MR) is 109 cm³/mol. The number of fused-ring (bicyclic) bond motifs is 1. The number of hydrogen-bond donors (Lipinski definition) is 0. The molecule has 0 aliphatic carbocycles. The molecule has 0 spiro atoms. The molecule has 27 heavy (non-hydrogen) atoms. The van der Waals surface area contributed by atoms with Gasteiger partial charge in [0.15, 0.2) is 5.69 Å². The number of hydrogen-bond acceptors (Lipinski definition) is 2. The highest BCUT2D eigenvalue weighted by Gasteiger charge is 2.28. The van der Waals surface area contributed by atoms with Crippen molar-refractivity contribution in [1.82, 2.24) is 4.57 Å². The second kappa shape index (κ2) is 8.34. The van der Waals surface area contributed by atoms with Gasteiger partial charge in [0, 0.05) is 11.5 Å². The smallest absolute Gasteiger partial charge is 0.257 e. The van der Waals surface area contributed by atoms with E-state index in [0.717, 1.165) is 36.5 Å². The lowest BCUT2D eigenvalue weighted by molar-refractivity contribution is -0.693. The molecular formula is C20H18Cl3N3O. The van der Waals surface area contributed by atoms with E-state index < -0.39 is 0 Å². The minimum Gasteiger partial charge on any atom is -0.859 e. The van der Waals surface area contributed by atoms with Crippen LogP contribution < -0.4 is 9.67 Å². The van der Waals surface area contributed by atoms with Crippen LogP contribution in [0.2, 0.25) is 10.0 Å². The Morgan fingerprint density at radius 3 is 2.48 bits per heavy atom. The molecule has 0 amide bonds. The van der Waals surface area contributed by atoms with Crippen LogP contribution in [0, 0.1) is 0 Å². The van der Waals surface area contributed by atoms with Gasteiger partial charge in [-0.2, -0.15) is 0 Å². The average molecular weight is 423 g/mol. The molecule has 0 fully saturated rings. The van der Waals surface area contributed by atoms with Gasteiger partial charge in [-0.15, -0.1) is 12.4 Å². The van der Waals surface area contributed by atoms with Gasteiger partial charge < -0.3 is 5.11 Å². The van der Waals surface area contributed by atoms with E-state index in [1.807, 2.05) is 29.0 Å². The predicted octanol–water partition coefficient (Wildman–Crippen LogP) is 4.21. The summed E-state index contributed by atoms with van der Waals surface area (Å²) in [4.78, 5) is 4.13. The molecule has 0 unspecified atom stereocenters. The molecule has 1 aliphatic heterocycles. The van der Waals surface area contributed by atoms with Gasteiger partial charge in [0.05, 0.1) is 28.7 Å². The van der Waals surface area contributed by atoms with Crippen LogP contribution in [0.1, 0.15) is 12.2 Å². The van der Waals surface area contributed by atoms with Crippen LogP contribution in [0.5, 0.6) is 0 Å². The van der Waals surface area contributed by atoms with Gasteiger partial charge in [-0.05, 0) is 18.6 Å². The number of halogens is 3. The maximum Gasteiger partial charge on any atom is 0.257 e. The number of aliphatic imine (C=N–C) groups is 1. The molecule has 0 atom stereocenters. The van der Waals surface area contributed by atoms with E-state index in [-0.39, 0.29) is 24.8 Å². The molecular weight excluding hydrogens is 405 g/mol. The SMILES string of the molecule is Cl.[O-]C(C[n+]1cc(-c2ccccc2)n2c1CCC2)=Nc1c(Cl)cccc1Cl. The Labute approximate surface area is 174 Å². The van der Waals surface area contributed by atoms with Crippen LogP contribution in [-0.2, 0) is 19.5 Å². The molecule has 4 rings (SSSR count). The lowest BCUT2D eigenvalue weighted by atomic mass is 10.2. The Balaban J connectivity index is 0.00000210. The fraction of sp³-hybridized carbons (Fsp3) is 0.200. The second-order valence-electron chi connectivity index (χ2n) is 6.26. The van der Waals surface area contributed by atoms with E-state index in [0.29, 0.717) is 15.7 Å². The van der Waals surface area contributed by atoms with Gasteiger partial charge in [-0.25, -0.2) is 9.13 Å². The molecule has 4 nitrogen and oxygen atoms in total. The van der Waals surface area contributed by atoms with Crippen LogP contribution in [0.4, 0.5) is 5.69 Å². The normalized spacial score (nSPS) is 13.3. The molecule has 0 saturated heterocycles. The fourth-order valence-corrected chi connectivity index (χ4v) is 3.87. The summed E-state index contributed by atoms with van der Waals surface area (Å²) >= 11 is 12.2. The van der Waals surface area contributed by atoms with Crippen molar-refractivity contribution >= 4 is 47.2 Å². The lowest BCUT2D eigenvalue weighted by Gasteiger charge is -2.10. The molecule has 1 aromatic heterocycles. The summed E-state index contributed by atoms with van der Waals surface area (Å²) in [6.45, 7) is 1.14. The molecule has 0 N–H and O–H groups in total. The minimum atomic E-state index is -0.273. The first-order chi connectivity index (χ1) is 12.6. The van der Waals surface area contributed by atoms with Crippen molar-refractivity contribution < 1.29 is 9.67 Å². The van der Waals surface area contributed by atoms with Crippen molar-refractivity contribution in [1.29, 1.82) is 0 Å². The van der Waals surface area contributed by atoms with E-state index in [9.17, 15) is 5.11 Å². The summed E-state index contributed by atoms with van der Waals surface area (Å²) in [5.41, 5.74) is 2.61. The maximum atomic E-state index is 12.5. The van der Waals surface area contributed by atoms with Gasteiger partial charge in [0.1, 0.15) is 12.7 Å². The van der Waals surface area contributed by atoms with E-state index in [2.05, 4.69) is 21.7 Å². The van der Waals surface area contributed by atoms with Crippen LogP contribution in [0.3, 0.4) is 0 Å². The van der Waals surface area contributed by atoms with Crippen LogP contribution in [-0.4, -0.2) is 10.5 Å². The van der Waals surface area contributed by atoms with E-state index in [1.54, 1.807) is 18.2 Å². The molecule has 7 heteroatoms. The molecule has 2 aromatic carbocycles. The molecule has 0 bridgehead atoms. The maximum absolute atomic E-state index is 12.5. The van der Waals surface area contributed by atoms with Gasteiger partial charge >= 0.3 is 0 Å². The average Bonchev–Trinajstić information content (AvgIpc) is 3.23.